The van der Waals surface area contributed by atoms with Crippen molar-refractivity contribution in [2.45, 2.75) is 4.90 Å². The van der Waals surface area contributed by atoms with Crippen molar-refractivity contribution in [3.63, 3.8) is 0 Å². The SMILES string of the molecule is C(=C\c1nn(Sc2ccccc2)c2ccccc12)/c1ccccc1. The fourth-order valence-electron chi connectivity index (χ4n) is 2.58. The van der Waals surface area contributed by atoms with Crippen LogP contribution >= 0.6 is 11.9 Å². The molecule has 0 atom stereocenters. The Kier molecular flexibility index (Phi) is 4.17. The van der Waals surface area contributed by atoms with Crippen molar-refractivity contribution in [3.05, 3.63) is 96.2 Å². The highest BCUT2D eigenvalue weighted by atomic mass is 32.2. The number of para-hydroxylation sites is 1. The molecule has 0 aliphatic rings. The molecule has 3 aromatic carbocycles. The van der Waals surface area contributed by atoms with E-state index in [9.17, 15) is 0 Å². The number of benzene rings is 3. The molecule has 0 fully saturated rings. The van der Waals surface area contributed by atoms with Crippen LogP contribution in [0, 0.1) is 0 Å². The van der Waals surface area contributed by atoms with Crippen LogP contribution in [0.1, 0.15) is 11.3 Å². The zero-order chi connectivity index (χ0) is 16.2. The summed E-state index contributed by atoms with van der Waals surface area (Å²) in [5.41, 5.74) is 3.28. The lowest BCUT2D eigenvalue weighted by Crippen LogP contribution is -1.89. The Bertz CT molecular complexity index is 973. The van der Waals surface area contributed by atoms with Gasteiger partial charge in [0.25, 0.3) is 0 Å². The first kappa shape index (κ1) is 14.8. The zero-order valence-electron chi connectivity index (χ0n) is 13.0. The van der Waals surface area contributed by atoms with Crippen LogP contribution in [-0.4, -0.2) is 9.19 Å². The lowest BCUT2D eigenvalue weighted by molar-refractivity contribution is 1.03. The second kappa shape index (κ2) is 6.77. The summed E-state index contributed by atoms with van der Waals surface area (Å²) < 4.78 is 2.00. The lowest BCUT2D eigenvalue weighted by Gasteiger charge is -2.01. The zero-order valence-corrected chi connectivity index (χ0v) is 13.9. The number of hydrogen-bond donors (Lipinski definition) is 0. The molecule has 0 bridgehead atoms. The molecule has 2 nitrogen and oxygen atoms in total. The van der Waals surface area contributed by atoms with Crippen molar-refractivity contribution in [2.24, 2.45) is 0 Å². The van der Waals surface area contributed by atoms with Crippen molar-refractivity contribution in [1.29, 1.82) is 0 Å². The van der Waals surface area contributed by atoms with Crippen LogP contribution in [0.4, 0.5) is 0 Å². The maximum atomic E-state index is 4.79. The van der Waals surface area contributed by atoms with E-state index in [4.69, 9.17) is 5.10 Å². The maximum absolute atomic E-state index is 4.79. The predicted molar refractivity (Wildman–Crippen MR) is 103 cm³/mol. The summed E-state index contributed by atoms with van der Waals surface area (Å²) in [7, 11) is 0. The van der Waals surface area contributed by atoms with E-state index in [1.54, 1.807) is 11.9 Å². The molecule has 0 spiro atoms. The van der Waals surface area contributed by atoms with E-state index in [0.29, 0.717) is 0 Å². The van der Waals surface area contributed by atoms with Gasteiger partial charge in [-0.1, -0.05) is 72.8 Å². The molecular formula is C21H16N2S. The van der Waals surface area contributed by atoms with Crippen molar-refractivity contribution in [1.82, 2.24) is 9.19 Å². The first-order valence-electron chi connectivity index (χ1n) is 7.84. The summed E-state index contributed by atoms with van der Waals surface area (Å²) in [6.45, 7) is 0. The summed E-state index contributed by atoms with van der Waals surface area (Å²) in [4.78, 5) is 1.17. The Morgan fingerprint density at radius 1 is 0.708 bits per heavy atom. The van der Waals surface area contributed by atoms with E-state index in [1.165, 1.54) is 10.5 Å². The molecule has 0 aliphatic carbocycles. The number of rotatable bonds is 4. The Morgan fingerprint density at radius 3 is 2.17 bits per heavy atom. The van der Waals surface area contributed by atoms with E-state index >= 15 is 0 Å². The van der Waals surface area contributed by atoms with Gasteiger partial charge in [-0.15, -0.1) is 0 Å². The van der Waals surface area contributed by atoms with Gasteiger partial charge in [0, 0.05) is 22.2 Å². The largest absolute Gasteiger partial charge is 0.201 e. The molecule has 0 saturated carbocycles. The van der Waals surface area contributed by atoms with Gasteiger partial charge in [-0.25, -0.2) is 4.09 Å². The number of fused-ring (bicyclic) bond motifs is 1. The molecule has 0 N–H and O–H groups in total. The highest BCUT2D eigenvalue weighted by Gasteiger charge is 2.09. The van der Waals surface area contributed by atoms with Gasteiger partial charge >= 0.3 is 0 Å². The second-order valence-corrected chi connectivity index (χ2v) is 6.42. The van der Waals surface area contributed by atoms with Crippen LogP contribution in [0.25, 0.3) is 23.1 Å². The van der Waals surface area contributed by atoms with Gasteiger partial charge in [0.2, 0.25) is 0 Å². The van der Waals surface area contributed by atoms with Gasteiger partial charge in [-0.2, -0.15) is 5.10 Å². The molecule has 0 radical (unpaired) electrons. The minimum absolute atomic E-state index is 0.984. The third kappa shape index (κ3) is 3.12. The lowest BCUT2D eigenvalue weighted by atomic mass is 10.1. The van der Waals surface area contributed by atoms with E-state index in [2.05, 4.69) is 60.7 Å². The minimum Gasteiger partial charge on any atom is -0.201 e. The molecule has 3 heteroatoms. The highest BCUT2D eigenvalue weighted by Crippen LogP contribution is 2.27. The molecule has 4 rings (SSSR count). The van der Waals surface area contributed by atoms with E-state index in [1.807, 2.05) is 40.5 Å². The monoisotopic (exact) mass is 328 g/mol. The number of hydrogen-bond acceptors (Lipinski definition) is 2. The van der Waals surface area contributed by atoms with Crippen molar-refractivity contribution in [3.8, 4) is 0 Å². The summed E-state index contributed by atoms with van der Waals surface area (Å²) >= 11 is 1.63. The quantitative estimate of drug-likeness (QED) is 0.474. The Morgan fingerprint density at radius 2 is 1.38 bits per heavy atom. The molecule has 0 amide bonds. The summed E-state index contributed by atoms with van der Waals surface area (Å²) in [5.74, 6) is 0. The van der Waals surface area contributed by atoms with Crippen LogP contribution in [-0.2, 0) is 0 Å². The first-order valence-corrected chi connectivity index (χ1v) is 8.62. The van der Waals surface area contributed by atoms with Gasteiger partial charge in [0.05, 0.1) is 11.2 Å². The van der Waals surface area contributed by atoms with Crippen molar-refractivity contribution >= 4 is 35.0 Å². The minimum atomic E-state index is 0.984. The number of nitrogens with zero attached hydrogens (tertiary/aromatic N) is 2. The normalized spacial score (nSPS) is 11.3. The smallest absolute Gasteiger partial charge is 0.0940 e. The maximum Gasteiger partial charge on any atom is 0.0940 e. The molecule has 1 aromatic heterocycles. The standard InChI is InChI=1S/C21H16N2S/c1-3-9-17(10-4-1)15-16-20-19-13-7-8-14-21(19)23(22-20)24-18-11-5-2-6-12-18/h1-16H/b16-15+. The van der Waals surface area contributed by atoms with E-state index in [0.717, 1.165) is 16.6 Å². The van der Waals surface area contributed by atoms with Crippen LogP contribution in [0.3, 0.4) is 0 Å². The molecule has 0 aliphatic heterocycles. The third-order valence-corrected chi connectivity index (χ3v) is 4.69. The van der Waals surface area contributed by atoms with Gasteiger partial charge in [-0.3, -0.25) is 0 Å². The average molecular weight is 328 g/mol. The Balaban J connectivity index is 1.73. The van der Waals surface area contributed by atoms with Crippen molar-refractivity contribution < 1.29 is 0 Å². The number of aromatic nitrogens is 2. The first-order chi connectivity index (χ1) is 11.9. The molecule has 24 heavy (non-hydrogen) atoms. The Labute approximate surface area is 145 Å². The highest BCUT2D eigenvalue weighted by molar-refractivity contribution is 7.98. The molecular weight excluding hydrogens is 312 g/mol. The summed E-state index contributed by atoms with van der Waals surface area (Å²) in [5, 5.41) is 5.95. The van der Waals surface area contributed by atoms with E-state index in [-0.39, 0.29) is 0 Å². The molecule has 0 saturated heterocycles. The molecule has 116 valence electrons. The van der Waals surface area contributed by atoms with Gasteiger partial charge < -0.3 is 0 Å². The van der Waals surface area contributed by atoms with Crippen LogP contribution < -0.4 is 0 Å². The van der Waals surface area contributed by atoms with Crippen LogP contribution in [0.15, 0.2) is 89.8 Å². The fourth-order valence-corrected chi connectivity index (χ4v) is 3.44. The van der Waals surface area contributed by atoms with Gasteiger partial charge in [-0.05, 0) is 29.8 Å². The van der Waals surface area contributed by atoms with Crippen LogP contribution in [0.5, 0.6) is 0 Å². The molecule has 4 aromatic rings. The fraction of sp³-hybridized carbons (Fsp3) is 0. The topological polar surface area (TPSA) is 17.8 Å². The third-order valence-electron chi connectivity index (χ3n) is 3.75. The summed E-state index contributed by atoms with van der Waals surface area (Å²) in [6, 6.07) is 28.9. The Hall–Kier alpha value is -2.78. The predicted octanol–water partition coefficient (Wildman–Crippen LogP) is 5.76. The van der Waals surface area contributed by atoms with Crippen LogP contribution in [0.2, 0.25) is 0 Å². The second-order valence-electron chi connectivity index (χ2n) is 5.42. The molecule has 1 heterocycles. The molecule has 0 unspecified atom stereocenters. The van der Waals surface area contributed by atoms with Gasteiger partial charge in [0.1, 0.15) is 0 Å². The summed E-state index contributed by atoms with van der Waals surface area (Å²) in [6.07, 6.45) is 4.19. The van der Waals surface area contributed by atoms with Crippen molar-refractivity contribution in [2.75, 3.05) is 0 Å². The average Bonchev–Trinajstić information content (AvgIpc) is 3.00. The van der Waals surface area contributed by atoms with E-state index < -0.39 is 0 Å². The van der Waals surface area contributed by atoms with Gasteiger partial charge in [0.15, 0.2) is 0 Å².